The molecule has 81 heavy (non-hydrogen) atoms. The molecule has 1 aliphatic carbocycles. The van der Waals surface area contributed by atoms with Crippen LogP contribution in [0, 0.1) is 13.8 Å². The molecule has 15 rings (SSSR count). The van der Waals surface area contributed by atoms with Gasteiger partial charge in [-0.1, -0.05) is 188 Å². The van der Waals surface area contributed by atoms with E-state index in [1.54, 1.807) is 0 Å². The van der Waals surface area contributed by atoms with Gasteiger partial charge in [-0.25, -0.2) is 0 Å². The van der Waals surface area contributed by atoms with Crippen molar-refractivity contribution < 1.29 is 8.63 Å². The highest BCUT2D eigenvalue weighted by Crippen LogP contribution is 2.59. The van der Waals surface area contributed by atoms with Crippen molar-refractivity contribution in [3.05, 3.63) is 310 Å². The molecule has 2 aliphatic rings. The smallest absolute Gasteiger partial charge is 0.328 e. The van der Waals surface area contributed by atoms with Gasteiger partial charge in [0.2, 0.25) is 0 Å². The van der Waals surface area contributed by atoms with Crippen LogP contribution in [0.1, 0.15) is 64.2 Å². The SMILES string of the molecule is CC1=N/C(=C(/c2cccc3c2-c2ccccc2C3(c2ccccc2)c2ccccc2)c2c(C)c(-c3ccc4c(c3)c3ccccc3n4-c3ccccc3)c(C)n2B(F)F)C(C)=C1c1ccc2c(c1)c1ccccc1n2-c1ccccc1. The Labute approximate surface area is 469 Å². The van der Waals surface area contributed by atoms with Gasteiger partial charge in [0.05, 0.1) is 33.2 Å². The molecule has 0 saturated heterocycles. The van der Waals surface area contributed by atoms with Crippen LogP contribution in [-0.4, -0.2) is 26.7 Å². The molecule has 0 saturated carbocycles. The first kappa shape index (κ1) is 48.3. The van der Waals surface area contributed by atoms with E-state index < -0.39 is 12.8 Å². The summed E-state index contributed by atoms with van der Waals surface area (Å²) in [7, 11) is -2.89. The lowest BCUT2D eigenvalue weighted by Gasteiger charge is -2.34. The summed E-state index contributed by atoms with van der Waals surface area (Å²) in [6.07, 6.45) is 0. The fraction of sp³-hybridized carbons (Fsp3) is 0.0676. The van der Waals surface area contributed by atoms with Crippen molar-refractivity contribution in [1.82, 2.24) is 13.6 Å². The minimum Gasteiger partial charge on any atom is -0.328 e. The average molecular weight is 1050 g/mol. The van der Waals surface area contributed by atoms with Gasteiger partial charge in [0.15, 0.2) is 0 Å². The molecule has 386 valence electrons. The largest absolute Gasteiger partial charge is 0.677 e. The number of benzene rings is 10. The van der Waals surface area contributed by atoms with Crippen molar-refractivity contribution >= 4 is 67.9 Å². The second-order valence-corrected chi connectivity index (χ2v) is 21.6. The van der Waals surface area contributed by atoms with Crippen molar-refractivity contribution in [1.29, 1.82) is 0 Å². The predicted octanol–water partition coefficient (Wildman–Crippen LogP) is 18.8. The van der Waals surface area contributed by atoms with Gasteiger partial charge in [-0.2, -0.15) is 0 Å². The van der Waals surface area contributed by atoms with Crippen LogP contribution >= 0.6 is 0 Å². The molecule has 0 spiro atoms. The second-order valence-electron chi connectivity index (χ2n) is 21.6. The maximum atomic E-state index is 16.9. The van der Waals surface area contributed by atoms with Crippen molar-refractivity contribution in [2.75, 3.05) is 0 Å². The Morgan fingerprint density at radius 3 is 1.51 bits per heavy atom. The van der Waals surface area contributed by atoms with E-state index in [9.17, 15) is 0 Å². The third kappa shape index (κ3) is 7.04. The normalized spacial score (nSPS) is 14.3. The maximum Gasteiger partial charge on any atom is 0.677 e. The molecule has 1 aliphatic heterocycles. The fourth-order valence-electron chi connectivity index (χ4n) is 14.2. The monoisotopic (exact) mass is 1050 g/mol. The van der Waals surface area contributed by atoms with Gasteiger partial charge >= 0.3 is 7.40 Å². The summed E-state index contributed by atoms with van der Waals surface area (Å²) in [5, 5.41) is 4.42. The van der Waals surface area contributed by atoms with Crippen LogP contribution in [0.2, 0.25) is 0 Å². The molecule has 0 atom stereocenters. The topological polar surface area (TPSA) is 27.1 Å². The molecule has 4 nitrogen and oxygen atoms in total. The second kappa shape index (κ2) is 18.6. The Bertz CT molecular complexity index is 4770. The Kier molecular flexibility index (Phi) is 11.1. The molecule has 4 heterocycles. The zero-order valence-electron chi connectivity index (χ0n) is 45.3. The number of fused-ring (bicyclic) bond motifs is 9. The minimum absolute atomic E-state index is 0.445. The predicted molar refractivity (Wildman–Crippen MR) is 333 cm³/mol. The number of allylic oxidation sites excluding steroid dienone is 2. The highest BCUT2D eigenvalue weighted by Gasteiger charge is 2.48. The molecule has 0 radical (unpaired) electrons. The molecular weight excluding hydrogens is 994 g/mol. The van der Waals surface area contributed by atoms with Crippen LogP contribution < -0.4 is 0 Å². The third-order valence-corrected chi connectivity index (χ3v) is 17.4. The quantitative estimate of drug-likeness (QED) is 0.129. The number of hydrogen-bond donors (Lipinski definition) is 0. The molecule has 13 aromatic rings. The van der Waals surface area contributed by atoms with E-state index in [0.29, 0.717) is 22.7 Å². The Morgan fingerprint density at radius 1 is 0.444 bits per heavy atom. The molecule has 10 aromatic carbocycles. The molecule has 0 fully saturated rings. The highest BCUT2D eigenvalue weighted by molar-refractivity contribution is 6.42. The molecule has 3 aromatic heterocycles. The molecule has 0 unspecified atom stereocenters. The lowest BCUT2D eigenvalue weighted by molar-refractivity contribution is 0.624. The van der Waals surface area contributed by atoms with Gasteiger partial charge in [-0.05, 0) is 150 Å². The number of rotatable bonds is 9. The van der Waals surface area contributed by atoms with Crippen LogP contribution in [0.15, 0.2) is 265 Å². The van der Waals surface area contributed by atoms with E-state index in [1.807, 2.05) is 26.0 Å². The zero-order valence-corrected chi connectivity index (χ0v) is 45.3. The van der Waals surface area contributed by atoms with Crippen LogP contribution in [-0.2, 0) is 5.41 Å². The summed E-state index contributed by atoms with van der Waals surface area (Å²) in [6.45, 7) is 8.09. The standard InChI is InChI=1S/C74H53BF2N4/c1-46-68(50-40-42-66-60(44-50)56-32-18-21-38-64(56)79(66)54-28-13-7-14-29-54)48(3)78-72(46)71(59-35-23-37-63-70(59)58-34-17-20-36-62(58)74(63,52-24-9-5-10-25-52)53-26-11-6-12-27-53)73-47(2)69(49(4)81(73)75(76)77)51-41-43-67-61(45-51)57-33-19-22-39-65(57)80(67)55-30-15-8-16-31-55/h5-45H,1-4H3/b72-71-. The van der Waals surface area contributed by atoms with E-state index in [2.05, 4.69) is 260 Å². The zero-order chi connectivity index (χ0) is 54.7. The summed E-state index contributed by atoms with van der Waals surface area (Å²) in [6, 6.07) is 87.7. The first-order chi connectivity index (χ1) is 39.7. The first-order valence-electron chi connectivity index (χ1n) is 27.8. The number of hydrogen-bond acceptors (Lipinski definition) is 1. The minimum atomic E-state index is -2.89. The number of aromatic nitrogens is 3. The first-order valence-corrected chi connectivity index (χ1v) is 27.8. The van der Waals surface area contributed by atoms with Crippen LogP contribution in [0.3, 0.4) is 0 Å². The fourth-order valence-corrected chi connectivity index (χ4v) is 14.2. The van der Waals surface area contributed by atoms with E-state index in [1.165, 1.54) is 4.48 Å². The van der Waals surface area contributed by atoms with Gasteiger partial charge in [0.1, 0.15) is 0 Å². The van der Waals surface area contributed by atoms with E-state index in [0.717, 1.165) is 133 Å². The van der Waals surface area contributed by atoms with Crippen molar-refractivity contribution in [3.8, 4) is 33.6 Å². The lowest BCUT2D eigenvalue weighted by atomic mass is 9.67. The van der Waals surface area contributed by atoms with Crippen molar-refractivity contribution in [3.63, 3.8) is 0 Å². The van der Waals surface area contributed by atoms with Gasteiger partial charge in [-0.3, -0.25) is 13.6 Å². The molecule has 7 heteroatoms. The summed E-state index contributed by atoms with van der Waals surface area (Å²) in [5.41, 5.74) is 21.6. The molecule has 0 bridgehead atoms. The lowest BCUT2D eigenvalue weighted by Crippen LogP contribution is -2.28. The number of para-hydroxylation sites is 4. The maximum absolute atomic E-state index is 16.9. The summed E-state index contributed by atoms with van der Waals surface area (Å²) in [4.78, 5) is 5.63. The Morgan fingerprint density at radius 2 is 0.926 bits per heavy atom. The molecule has 0 amide bonds. The van der Waals surface area contributed by atoms with Gasteiger partial charge < -0.3 is 13.6 Å². The Balaban J connectivity index is 1.03. The highest BCUT2D eigenvalue weighted by atomic mass is 19.2. The van der Waals surface area contributed by atoms with Crippen LogP contribution in [0.25, 0.3) is 88.4 Å². The van der Waals surface area contributed by atoms with Gasteiger partial charge in [0, 0.05) is 66.7 Å². The van der Waals surface area contributed by atoms with E-state index in [4.69, 9.17) is 4.99 Å². The van der Waals surface area contributed by atoms with Gasteiger partial charge in [-0.15, -0.1) is 0 Å². The average Bonchev–Trinajstić information content (AvgIpc) is 2.30. The number of halogens is 2. The van der Waals surface area contributed by atoms with E-state index >= 15 is 8.63 Å². The van der Waals surface area contributed by atoms with Gasteiger partial charge in [0.25, 0.3) is 0 Å². The van der Waals surface area contributed by atoms with Crippen LogP contribution in [0.4, 0.5) is 8.63 Å². The summed E-state index contributed by atoms with van der Waals surface area (Å²) in [5.74, 6) is 0. The molecule has 0 N–H and O–H groups in total. The summed E-state index contributed by atoms with van der Waals surface area (Å²) >= 11 is 0. The van der Waals surface area contributed by atoms with Crippen molar-refractivity contribution in [2.45, 2.75) is 33.1 Å². The van der Waals surface area contributed by atoms with Crippen molar-refractivity contribution in [2.24, 2.45) is 4.99 Å². The molecular formula is C74H53BF2N4. The third-order valence-electron chi connectivity index (χ3n) is 17.4. The number of nitrogens with zero attached hydrogens (tertiary/aromatic N) is 4. The Hall–Kier alpha value is -9.85. The van der Waals surface area contributed by atoms with E-state index in [-0.39, 0.29) is 0 Å². The number of aliphatic imine (C=N–C) groups is 1. The summed E-state index contributed by atoms with van der Waals surface area (Å²) < 4.78 is 39.7. The van der Waals surface area contributed by atoms with Crippen LogP contribution in [0.5, 0.6) is 0 Å².